The van der Waals surface area contributed by atoms with E-state index in [1.54, 1.807) is 7.05 Å². The van der Waals surface area contributed by atoms with Crippen LogP contribution in [0.1, 0.15) is 5.56 Å². The molecular formula is C17H16ClN5O6S2. The fraction of sp³-hybridized carbons (Fsp3) is 0.118. The number of halogens is 1. The van der Waals surface area contributed by atoms with E-state index in [2.05, 4.69) is 20.3 Å². The minimum atomic E-state index is -4.34. The molecule has 1 heterocycles. The Labute approximate surface area is 183 Å². The molecule has 0 aliphatic carbocycles. The van der Waals surface area contributed by atoms with Crippen molar-refractivity contribution in [3.8, 4) is 0 Å². The molecule has 0 unspecified atom stereocenters. The standard InChI is InChI=1S/C17H16ClN5O6S2/c1-10-9-11(3-8-14(10)31(27,28)29)19-16-20-15(18)21-17(22-16)23(2)12-4-6-13(7-5-12)30(24,25)26/h3-9H,1-2H3,(H,24,25,26)(H,27,28,29)(H,19,20,21,22). The number of aryl methyl sites for hydroxylation is 1. The lowest BCUT2D eigenvalue weighted by atomic mass is 10.2. The summed E-state index contributed by atoms with van der Waals surface area (Å²) in [5.74, 6) is 0.198. The van der Waals surface area contributed by atoms with Crippen molar-refractivity contribution < 1.29 is 25.9 Å². The van der Waals surface area contributed by atoms with Gasteiger partial charge in [0.25, 0.3) is 20.2 Å². The number of rotatable bonds is 6. The summed E-state index contributed by atoms with van der Waals surface area (Å²) in [6.45, 7) is 1.52. The molecule has 0 spiro atoms. The molecule has 31 heavy (non-hydrogen) atoms. The maximum atomic E-state index is 11.3. The fourth-order valence-electron chi connectivity index (χ4n) is 2.65. The first-order chi connectivity index (χ1) is 14.3. The van der Waals surface area contributed by atoms with E-state index in [1.165, 1.54) is 54.3 Å². The fourth-order valence-corrected chi connectivity index (χ4v) is 3.99. The van der Waals surface area contributed by atoms with Gasteiger partial charge in [-0.2, -0.15) is 31.8 Å². The Bertz CT molecular complexity index is 1350. The first-order valence-electron chi connectivity index (χ1n) is 8.42. The van der Waals surface area contributed by atoms with E-state index in [0.717, 1.165) is 0 Å². The van der Waals surface area contributed by atoms with Crippen molar-refractivity contribution in [3.05, 3.63) is 53.3 Å². The number of nitrogens with one attached hydrogen (secondary N) is 1. The van der Waals surface area contributed by atoms with Crippen molar-refractivity contribution in [2.45, 2.75) is 16.7 Å². The van der Waals surface area contributed by atoms with E-state index in [4.69, 9.17) is 16.2 Å². The summed E-state index contributed by atoms with van der Waals surface area (Å²) >= 11 is 6.00. The van der Waals surface area contributed by atoms with Crippen molar-refractivity contribution in [2.75, 3.05) is 17.3 Å². The number of nitrogens with zero attached hydrogens (tertiary/aromatic N) is 4. The molecule has 164 valence electrons. The molecule has 2 aromatic carbocycles. The van der Waals surface area contributed by atoms with E-state index in [1.807, 2.05) is 0 Å². The van der Waals surface area contributed by atoms with Gasteiger partial charge in [-0.05, 0) is 66.6 Å². The molecule has 0 amide bonds. The topological polar surface area (TPSA) is 163 Å². The lowest BCUT2D eigenvalue weighted by Crippen LogP contribution is -2.15. The number of aromatic nitrogens is 3. The average molecular weight is 486 g/mol. The Morgan fingerprint density at radius 1 is 0.935 bits per heavy atom. The summed E-state index contributed by atoms with van der Waals surface area (Å²) in [4.78, 5) is 13.3. The van der Waals surface area contributed by atoms with Crippen LogP contribution in [-0.2, 0) is 20.2 Å². The third-order valence-electron chi connectivity index (χ3n) is 4.13. The van der Waals surface area contributed by atoms with Crippen LogP contribution in [0.5, 0.6) is 0 Å². The average Bonchev–Trinajstić information content (AvgIpc) is 2.65. The third kappa shape index (κ3) is 5.45. The van der Waals surface area contributed by atoms with Gasteiger partial charge in [-0.25, -0.2) is 0 Å². The summed E-state index contributed by atoms with van der Waals surface area (Å²) in [6, 6.07) is 9.49. The molecule has 0 atom stereocenters. The van der Waals surface area contributed by atoms with Gasteiger partial charge >= 0.3 is 0 Å². The SMILES string of the molecule is Cc1cc(Nc2nc(Cl)nc(N(C)c3ccc(S(=O)(=O)O)cc3)n2)ccc1S(=O)(=O)O. The Morgan fingerprint density at radius 3 is 2.13 bits per heavy atom. The normalized spacial score (nSPS) is 11.9. The highest BCUT2D eigenvalue weighted by atomic mass is 35.5. The summed E-state index contributed by atoms with van der Waals surface area (Å²) in [6.07, 6.45) is 0. The van der Waals surface area contributed by atoms with Crippen LogP contribution < -0.4 is 10.2 Å². The quantitative estimate of drug-likeness (QED) is 0.440. The van der Waals surface area contributed by atoms with E-state index >= 15 is 0 Å². The lowest BCUT2D eigenvalue weighted by molar-refractivity contribution is 0.480. The van der Waals surface area contributed by atoms with Crippen LogP contribution >= 0.6 is 11.6 Å². The molecule has 3 rings (SSSR count). The zero-order valence-corrected chi connectivity index (χ0v) is 18.4. The van der Waals surface area contributed by atoms with E-state index < -0.39 is 20.2 Å². The molecular weight excluding hydrogens is 470 g/mol. The molecule has 3 aromatic rings. The highest BCUT2D eigenvalue weighted by molar-refractivity contribution is 7.86. The maximum Gasteiger partial charge on any atom is 0.294 e. The largest absolute Gasteiger partial charge is 0.324 e. The molecule has 0 fully saturated rings. The molecule has 3 N–H and O–H groups in total. The summed E-state index contributed by atoms with van der Waals surface area (Å²) in [5, 5.41) is 2.75. The molecule has 0 saturated carbocycles. The molecule has 11 nitrogen and oxygen atoms in total. The van der Waals surface area contributed by atoms with E-state index in [9.17, 15) is 21.4 Å². The summed E-state index contributed by atoms with van der Waals surface area (Å²) in [7, 11) is -7.04. The number of anilines is 4. The maximum absolute atomic E-state index is 11.3. The third-order valence-corrected chi connectivity index (χ3v) is 6.18. The minimum absolute atomic E-state index is 0.0652. The van der Waals surface area contributed by atoms with Crippen molar-refractivity contribution in [2.24, 2.45) is 0 Å². The monoisotopic (exact) mass is 485 g/mol. The summed E-state index contributed by atoms with van der Waals surface area (Å²) < 4.78 is 63.3. The number of benzene rings is 2. The van der Waals surface area contributed by atoms with Gasteiger partial charge in [0.1, 0.15) is 0 Å². The molecule has 0 radical (unpaired) electrons. The predicted molar refractivity (Wildman–Crippen MR) is 113 cm³/mol. The molecule has 0 aliphatic rings. The van der Waals surface area contributed by atoms with Crippen LogP contribution in [0.3, 0.4) is 0 Å². The van der Waals surface area contributed by atoms with Crippen LogP contribution in [0.4, 0.5) is 23.3 Å². The first kappa shape index (κ1) is 22.8. The molecule has 1 aromatic heterocycles. The highest BCUT2D eigenvalue weighted by Gasteiger charge is 2.16. The second-order valence-corrected chi connectivity index (χ2v) is 9.49. The minimum Gasteiger partial charge on any atom is -0.324 e. The second-order valence-electron chi connectivity index (χ2n) is 6.34. The molecule has 14 heteroatoms. The van der Waals surface area contributed by atoms with E-state index in [-0.39, 0.29) is 27.0 Å². The number of hydrogen-bond donors (Lipinski definition) is 3. The lowest BCUT2D eigenvalue weighted by Gasteiger charge is -2.18. The van der Waals surface area contributed by atoms with Crippen LogP contribution in [0.2, 0.25) is 5.28 Å². The van der Waals surface area contributed by atoms with Gasteiger partial charge in [0.05, 0.1) is 9.79 Å². The van der Waals surface area contributed by atoms with Gasteiger partial charge in [-0.1, -0.05) is 0 Å². The van der Waals surface area contributed by atoms with Crippen LogP contribution in [0.15, 0.2) is 52.3 Å². The van der Waals surface area contributed by atoms with Gasteiger partial charge < -0.3 is 10.2 Å². The second kappa shape index (κ2) is 8.36. The number of hydrogen-bond acceptors (Lipinski definition) is 9. The first-order valence-corrected chi connectivity index (χ1v) is 11.7. The van der Waals surface area contributed by atoms with Crippen molar-refractivity contribution in [1.82, 2.24) is 15.0 Å². The van der Waals surface area contributed by atoms with Crippen molar-refractivity contribution in [3.63, 3.8) is 0 Å². The van der Waals surface area contributed by atoms with Gasteiger partial charge in [0.2, 0.25) is 17.2 Å². The van der Waals surface area contributed by atoms with Gasteiger partial charge in [0.15, 0.2) is 0 Å². The zero-order chi connectivity index (χ0) is 23.0. The van der Waals surface area contributed by atoms with E-state index in [0.29, 0.717) is 16.9 Å². The Kier molecular flexibility index (Phi) is 6.16. The smallest absolute Gasteiger partial charge is 0.294 e. The van der Waals surface area contributed by atoms with Crippen molar-refractivity contribution >= 4 is 55.1 Å². The Morgan fingerprint density at radius 2 is 1.58 bits per heavy atom. The summed E-state index contributed by atoms with van der Waals surface area (Å²) in [5.41, 5.74) is 1.26. The molecule has 0 bridgehead atoms. The predicted octanol–water partition coefficient (Wildman–Crippen LogP) is 2.84. The zero-order valence-electron chi connectivity index (χ0n) is 16.1. The van der Waals surface area contributed by atoms with Crippen LogP contribution in [0, 0.1) is 6.92 Å². The van der Waals surface area contributed by atoms with Crippen molar-refractivity contribution in [1.29, 1.82) is 0 Å². The Balaban J connectivity index is 1.89. The molecule has 0 saturated heterocycles. The highest BCUT2D eigenvalue weighted by Crippen LogP contribution is 2.26. The molecule has 0 aliphatic heterocycles. The van der Waals surface area contributed by atoms with Gasteiger partial charge in [-0.15, -0.1) is 0 Å². The van der Waals surface area contributed by atoms with Gasteiger partial charge in [0, 0.05) is 18.4 Å². The Hall–Kier alpha value is -2.84. The van der Waals surface area contributed by atoms with Crippen LogP contribution in [-0.4, -0.2) is 47.9 Å². The van der Waals surface area contributed by atoms with Crippen LogP contribution in [0.25, 0.3) is 0 Å². The van der Waals surface area contributed by atoms with Gasteiger partial charge in [-0.3, -0.25) is 9.11 Å².